The van der Waals surface area contributed by atoms with Crippen molar-refractivity contribution in [3.05, 3.63) is 65.7 Å². The Bertz CT molecular complexity index is 701. The number of nitrogens with one attached hydrogen (secondary N) is 2. The molecule has 0 aliphatic heterocycles. The van der Waals surface area contributed by atoms with E-state index in [1.165, 1.54) is 12.8 Å². The number of benzene rings is 2. The fraction of sp³-hybridized carbons (Fsp3) is 0.333. The van der Waals surface area contributed by atoms with Gasteiger partial charge in [0.2, 0.25) is 5.91 Å². The van der Waals surface area contributed by atoms with E-state index in [4.69, 9.17) is 4.74 Å². The molecular formula is C21H26N2O3. The number of hydrazine groups is 1. The molecule has 0 heterocycles. The van der Waals surface area contributed by atoms with Gasteiger partial charge >= 0.3 is 0 Å². The molecule has 0 aliphatic carbocycles. The zero-order valence-electron chi connectivity index (χ0n) is 15.2. The van der Waals surface area contributed by atoms with E-state index < -0.39 is 5.91 Å². The number of ether oxygens (including phenoxy) is 1. The van der Waals surface area contributed by atoms with Gasteiger partial charge in [-0.25, -0.2) is 0 Å². The minimum Gasteiger partial charge on any atom is -0.493 e. The standard InChI is InChI=1S/C21H26N2O3/c1-2-3-4-10-15-26-19-14-9-8-13-18(19)21(25)23-22-20(24)16-17-11-6-5-7-12-17/h5-9,11-14H,2-4,10,15-16H2,1H3,(H,22,24)(H,23,25). The Hall–Kier alpha value is -2.82. The van der Waals surface area contributed by atoms with E-state index >= 15 is 0 Å². The number of amides is 2. The molecule has 5 nitrogen and oxygen atoms in total. The van der Waals surface area contributed by atoms with Crippen LogP contribution in [0, 0.1) is 0 Å². The monoisotopic (exact) mass is 354 g/mol. The lowest BCUT2D eigenvalue weighted by atomic mass is 10.1. The first kappa shape index (κ1) is 19.5. The van der Waals surface area contributed by atoms with Crippen molar-refractivity contribution in [3.8, 4) is 5.75 Å². The van der Waals surface area contributed by atoms with Crippen molar-refractivity contribution in [3.63, 3.8) is 0 Å². The highest BCUT2D eigenvalue weighted by Crippen LogP contribution is 2.18. The number of unbranched alkanes of at least 4 members (excludes halogenated alkanes) is 3. The van der Waals surface area contributed by atoms with Crippen molar-refractivity contribution in [1.29, 1.82) is 0 Å². The molecule has 0 atom stereocenters. The molecule has 0 aliphatic rings. The predicted octanol–water partition coefficient (Wildman–Crippen LogP) is 3.65. The summed E-state index contributed by atoms with van der Waals surface area (Å²) >= 11 is 0. The van der Waals surface area contributed by atoms with Crippen molar-refractivity contribution >= 4 is 11.8 Å². The lowest BCUT2D eigenvalue weighted by Crippen LogP contribution is -2.42. The third-order valence-corrected chi connectivity index (χ3v) is 3.91. The Morgan fingerprint density at radius 2 is 1.62 bits per heavy atom. The number of hydrogen-bond acceptors (Lipinski definition) is 3. The van der Waals surface area contributed by atoms with Gasteiger partial charge in [0.05, 0.1) is 18.6 Å². The summed E-state index contributed by atoms with van der Waals surface area (Å²) in [5.74, 6) is -0.142. The third-order valence-electron chi connectivity index (χ3n) is 3.91. The van der Waals surface area contributed by atoms with E-state index in [2.05, 4.69) is 17.8 Å². The molecule has 5 heteroatoms. The normalized spacial score (nSPS) is 10.2. The van der Waals surface area contributed by atoms with E-state index in [-0.39, 0.29) is 12.3 Å². The summed E-state index contributed by atoms with van der Waals surface area (Å²) in [7, 11) is 0. The van der Waals surface area contributed by atoms with Crippen molar-refractivity contribution in [2.45, 2.75) is 39.0 Å². The zero-order chi connectivity index (χ0) is 18.6. The van der Waals surface area contributed by atoms with E-state index in [0.717, 1.165) is 18.4 Å². The number of carbonyl (C=O) groups excluding carboxylic acids is 2. The fourth-order valence-electron chi connectivity index (χ4n) is 2.51. The minimum atomic E-state index is -0.393. The molecule has 2 rings (SSSR count). The first-order valence-corrected chi connectivity index (χ1v) is 9.05. The van der Waals surface area contributed by atoms with Crippen LogP contribution in [0.4, 0.5) is 0 Å². The van der Waals surface area contributed by atoms with E-state index in [9.17, 15) is 9.59 Å². The van der Waals surface area contributed by atoms with Crippen LogP contribution in [-0.2, 0) is 11.2 Å². The molecule has 0 spiro atoms. The van der Waals surface area contributed by atoms with Crippen LogP contribution in [0.3, 0.4) is 0 Å². The predicted molar refractivity (Wildman–Crippen MR) is 102 cm³/mol. The van der Waals surface area contributed by atoms with Crippen molar-refractivity contribution in [2.24, 2.45) is 0 Å². The summed E-state index contributed by atoms with van der Waals surface area (Å²) in [5, 5.41) is 0. The van der Waals surface area contributed by atoms with Crippen LogP contribution in [0.15, 0.2) is 54.6 Å². The summed E-state index contributed by atoms with van der Waals surface area (Å²) in [6.07, 6.45) is 4.62. The van der Waals surface area contributed by atoms with Crippen LogP contribution in [0.1, 0.15) is 48.5 Å². The second-order valence-electron chi connectivity index (χ2n) is 6.07. The van der Waals surface area contributed by atoms with Crippen molar-refractivity contribution in [1.82, 2.24) is 10.9 Å². The van der Waals surface area contributed by atoms with Crippen LogP contribution >= 0.6 is 0 Å². The van der Waals surface area contributed by atoms with Crippen LogP contribution in [0.2, 0.25) is 0 Å². The van der Waals surface area contributed by atoms with Gasteiger partial charge in [-0.3, -0.25) is 20.4 Å². The summed E-state index contributed by atoms with van der Waals surface area (Å²) in [6, 6.07) is 16.4. The highest BCUT2D eigenvalue weighted by Gasteiger charge is 2.13. The first-order chi connectivity index (χ1) is 12.7. The average Bonchev–Trinajstić information content (AvgIpc) is 2.67. The van der Waals surface area contributed by atoms with Gasteiger partial charge in [-0.15, -0.1) is 0 Å². The molecule has 0 bridgehead atoms. The molecule has 0 radical (unpaired) electrons. The van der Waals surface area contributed by atoms with Gasteiger partial charge in [-0.1, -0.05) is 68.7 Å². The van der Waals surface area contributed by atoms with Crippen LogP contribution in [0.5, 0.6) is 5.75 Å². The molecule has 0 fully saturated rings. The van der Waals surface area contributed by atoms with Gasteiger partial charge in [-0.05, 0) is 24.1 Å². The maximum Gasteiger partial charge on any atom is 0.273 e. The second kappa shape index (κ2) is 10.9. The highest BCUT2D eigenvalue weighted by atomic mass is 16.5. The Morgan fingerprint density at radius 3 is 2.38 bits per heavy atom. The molecule has 2 aromatic carbocycles. The third kappa shape index (κ3) is 6.59. The SMILES string of the molecule is CCCCCCOc1ccccc1C(=O)NNC(=O)Cc1ccccc1. The molecule has 2 aromatic rings. The van der Waals surface area contributed by atoms with Gasteiger partial charge in [0.25, 0.3) is 5.91 Å². The largest absolute Gasteiger partial charge is 0.493 e. The van der Waals surface area contributed by atoms with Gasteiger partial charge in [0, 0.05) is 0 Å². The van der Waals surface area contributed by atoms with E-state index in [1.54, 1.807) is 18.2 Å². The molecule has 138 valence electrons. The Labute approximate surface area is 154 Å². The maximum atomic E-state index is 12.4. The Morgan fingerprint density at radius 1 is 0.885 bits per heavy atom. The van der Waals surface area contributed by atoms with E-state index in [1.807, 2.05) is 36.4 Å². The molecular weight excluding hydrogens is 328 g/mol. The molecule has 0 unspecified atom stereocenters. The number of para-hydroxylation sites is 1. The second-order valence-corrected chi connectivity index (χ2v) is 6.07. The molecule has 2 N–H and O–H groups in total. The van der Waals surface area contributed by atoms with Gasteiger partial charge in [0.1, 0.15) is 5.75 Å². The number of hydrogen-bond donors (Lipinski definition) is 2. The first-order valence-electron chi connectivity index (χ1n) is 9.05. The van der Waals surface area contributed by atoms with E-state index in [0.29, 0.717) is 17.9 Å². The molecule has 0 saturated heterocycles. The van der Waals surface area contributed by atoms with Crippen molar-refractivity contribution < 1.29 is 14.3 Å². The summed E-state index contributed by atoms with van der Waals surface area (Å²) in [4.78, 5) is 24.3. The Kier molecular flexibility index (Phi) is 8.19. The summed E-state index contributed by atoms with van der Waals surface area (Å²) in [6.45, 7) is 2.73. The quantitative estimate of drug-likeness (QED) is 0.533. The van der Waals surface area contributed by atoms with Crippen LogP contribution < -0.4 is 15.6 Å². The van der Waals surface area contributed by atoms with Gasteiger partial charge in [0.15, 0.2) is 0 Å². The lowest BCUT2D eigenvalue weighted by molar-refractivity contribution is -0.121. The van der Waals surface area contributed by atoms with Gasteiger partial charge < -0.3 is 4.74 Å². The fourth-order valence-corrected chi connectivity index (χ4v) is 2.51. The smallest absolute Gasteiger partial charge is 0.273 e. The average molecular weight is 354 g/mol. The Balaban J connectivity index is 1.83. The highest BCUT2D eigenvalue weighted by molar-refractivity contribution is 5.97. The molecule has 2 amide bonds. The van der Waals surface area contributed by atoms with Crippen molar-refractivity contribution in [2.75, 3.05) is 6.61 Å². The molecule has 0 saturated carbocycles. The minimum absolute atomic E-state index is 0.205. The summed E-state index contributed by atoms with van der Waals surface area (Å²) < 4.78 is 5.73. The summed E-state index contributed by atoms with van der Waals surface area (Å²) in [5.41, 5.74) is 6.19. The topological polar surface area (TPSA) is 67.4 Å². The number of rotatable bonds is 9. The lowest BCUT2D eigenvalue weighted by Gasteiger charge is -2.12. The van der Waals surface area contributed by atoms with Crippen LogP contribution in [0.25, 0.3) is 0 Å². The molecule has 0 aromatic heterocycles. The van der Waals surface area contributed by atoms with Crippen LogP contribution in [-0.4, -0.2) is 18.4 Å². The number of carbonyl (C=O) groups is 2. The maximum absolute atomic E-state index is 12.4. The van der Waals surface area contributed by atoms with Gasteiger partial charge in [-0.2, -0.15) is 0 Å². The zero-order valence-corrected chi connectivity index (χ0v) is 15.2. The molecule has 26 heavy (non-hydrogen) atoms.